The van der Waals surface area contributed by atoms with Crippen LogP contribution in [0.1, 0.15) is 17.5 Å². The molecule has 6 nitrogen and oxygen atoms in total. The molecule has 110 valence electrons. The number of aromatic amines is 2. The predicted octanol–water partition coefficient (Wildman–Crippen LogP) is 1.62. The van der Waals surface area contributed by atoms with Gasteiger partial charge < -0.3 is 16.0 Å². The number of nitrogen functional groups attached to an aromatic ring is 1. The van der Waals surface area contributed by atoms with Crippen molar-refractivity contribution in [3.05, 3.63) is 44.5 Å². The van der Waals surface area contributed by atoms with E-state index >= 15 is 0 Å². The minimum atomic E-state index is -0.200. The second kappa shape index (κ2) is 6.11. The molecule has 0 saturated heterocycles. The number of nitrogens with two attached hydrogens (primary N) is 1. The fourth-order valence-corrected chi connectivity index (χ4v) is 3.04. The average Bonchev–Trinajstić information content (AvgIpc) is 3.08. The molecule has 0 spiro atoms. The number of anilines is 1. The lowest BCUT2D eigenvalue weighted by molar-refractivity contribution is 0.652. The maximum atomic E-state index is 11.9. The van der Waals surface area contributed by atoms with E-state index in [1.807, 2.05) is 0 Å². The van der Waals surface area contributed by atoms with Crippen LogP contribution in [-0.4, -0.2) is 21.5 Å². The highest BCUT2D eigenvalue weighted by molar-refractivity contribution is 7.07. The third-order valence-electron chi connectivity index (χ3n) is 3.36. The van der Waals surface area contributed by atoms with Crippen LogP contribution in [0.4, 0.5) is 5.95 Å². The highest BCUT2D eigenvalue weighted by Gasteiger charge is 2.09. The summed E-state index contributed by atoms with van der Waals surface area (Å²) in [5.41, 5.74) is 8.14. The largest absolute Gasteiger partial charge is 0.369 e. The first kappa shape index (κ1) is 13.8. The van der Waals surface area contributed by atoms with E-state index in [4.69, 9.17) is 5.73 Å². The lowest BCUT2D eigenvalue weighted by atomic mass is 10.2. The molecule has 0 radical (unpaired) electrons. The standard InChI is InChI=1S/C14H17N5OS/c15-14-18-12-11(13(20)19-14)10(7-17-12)6-16-4-1-2-9-3-5-21-8-9/h3,5,7-8,16H,1-2,4,6H2,(H4,15,17,18,19,20). The van der Waals surface area contributed by atoms with Crippen molar-refractivity contribution in [3.8, 4) is 0 Å². The maximum absolute atomic E-state index is 11.9. The molecule has 21 heavy (non-hydrogen) atoms. The predicted molar refractivity (Wildman–Crippen MR) is 85.5 cm³/mol. The quantitative estimate of drug-likeness (QED) is 0.520. The summed E-state index contributed by atoms with van der Waals surface area (Å²) in [5.74, 6) is 0.129. The van der Waals surface area contributed by atoms with Gasteiger partial charge in [0.1, 0.15) is 5.65 Å². The summed E-state index contributed by atoms with van der Waals surface area (Å²) in [6.07, 6.45) is 3.95. The molecule has 0 saturated carbocycles. The molecule has 3 aromatic rings. The summed E-state index contributed by atoms with van der Waals surface area (Å²) in [7, 11) is 0. The monoisotopic (exact) mass is 303 g/mol. The van der Waals surface area contributed by atoms with Gasteiger partial charge in [0.05, 0.1) is 5.39 Å². The Morgan fingerprint density at radius 1 is 1.43 bits per heavy atom. The van der Waals surface area contributed by atoms with E-state index in [1.54, 1.807) is 17.5 Å². The normalized spacial score (nSPS) is 11.2. The van der Waals surface area contributed by atoms with Crippen LogP contribution in [0.2, 0.25) is 0 Å². The number of H-pyrrole nitrogens is 2. The second-order valence-electron chi connectivity index (χ2n) is 4.90. The summed E-state index contributed by atoms with van der Waals surface area (Å²) >= 11 is 1.73. The Kier molecular flexibility index (Phi) is 4.03. The van der Waals surface area contributed by atoms with Crippen LogP contribution in [0, 0.1) is 0 Å². The Bertz CT molecular complexity index is 774. The number of hydrogen-bond acceptors (Lipinski definition) is 5. The average molecular weight is 303 g/mol. The topological polar surface area (TPSA) is 99.6 Å². The summed E-state index contributed by atoms with van der Waals surface area (Å²) < 4.78 is 0. The van der Waals surface area contributed by atoms with Crippen molar-refractivity contribution < 1.29 is 0 Å². The molecule has 0 bridgehead atoms. The Morgan fingerprint density at radius 3 is 3.14 bits per heavy atom. The molecule has 3 aromatic heterocycles. The van der Waals surface area contributed by atoms with Gasteiger partial charge in [-0.1, -0.05) is 0 Å². The third-order valence-corrected chi connectivity index (χ3v) is 4.09. The second-order valence-corrected chi connectivity index (χ2v) is 5.68. The molecular weight excluding hydrogens is 286 g/mol. The van der Waals surface area contributed by atoms with Gasteiger partial charge in [-0.3, -0.25) is 9.78 Å². The van der Waals surface area contributed by atoms with Gasteiger partial charge in [0.25, 0.3) is 5.56 Å². The number of hydrogen-bond donors (Lipinski definition) is 4. The van der Waals surface area contributed by atoms with Gasteiger partial charge in [-0.25, -0.2) is 0 Å². The molecule has 0 aliphatic carbocycles. The molecule has 0 aromatic carbocycles. The molecule has 0 unspecified atom stereocenters. The molecule has 7 heteroatoms. The van der Waals surface area contributed by atoms with Crippen molar-refractivity contribution >= 4 is 28.3 Å². The van der Waals surface area contributed by atoms with E-state index in [9.17, 15) is 4.79 Å². The zero-order valence-corrected chi connectivity index (χ0v) is 12.3. The highest BCUT2D eigenvalue weighted by Crippen LogP contribution is 2.12. The van der Waals surface area contributed by atoms with Crippen LogP contribution in [0.5, 0.6) is 0 Å². The number of rotatable bonds is 6. The molecular formula is C14H17N5OS. The lowest BCUT2D eigenvalue weighted by Crippen LogP contribution is -2.17. The minimum absolute atomic E-state index is 0.129. The molecule has 5 N–H and O–H groups in total. The van der Waals surface area contributed by atoms with Crippen molar-refractivity contribution in [2.24, 2.45) is 0 Å². The zero-order valence-electron chi connectivity index (χ0n) is 11.5. The van der Waals surface area contributed by atoms with E-state index in [-0.39, 0.29) is 11.5 Å². The Morgan fingerprint density at radius 2 is 2.33 bits per heavy atom. The van der Waals surface area contributed by atoms with Crippen LogP contribution in [0.15, 0.2) is 27.8 Å². The van der Waals surface area contributed by atoms with Crippen LogP contribution in [0.25, 0.3) is 11.0 Å². The van der Waals surface area contributed by atoms with E-state index in [0.29, 0.717) is 17.6 Å². The molecule has 0 aliphatic rings. The zero-order chi connectivity index (χ0) is 14.7. The molecule has 0 amide bonds. The molecule has 3 heterocycles. The van der Waals surface area contributed by atoms with Gasteiger partial charge in [-0.2, -0.15) is 16.3 Å². The Balaban J connectivity index is 1.57. The fraction of sp³-hybridized carbons (Fsp3) is 0.286. The van der Waals surface area contributed by atoms with E-state index in [2.05, 4.69) is 37.1 Å². The first-order chi connectivity index (χ1) is 10.2. The molecule has 3 rings (SSSR count). The number of nitrogens with one attached hydrogen (secondary N) is 3. The molecule has 0 atom stereocenters. The van der Waals surface area contributed by atoms with Crippen LogP contribution < -0.4 is 16.6 Å². The van der Waals surface area contributed by atoms with Gasteiger partial charge in [-0.15, -0.1) is 0 Å². The number of aryl methyl sites for hydroxylation is 1. The van der Waals surface area contributed by atoms with Crippen LogP contribution in [-0.2, 0) is 13.0 Å². The Hall–Kier alpha value is -2.12. The maximum Gasteiger partial charge on any atom is 0.262 e. The number of thiophene rings is 1. The van der Waals surface area contributed by atoms with Crippen LogP contribution in [0.3, 0.4) is 0 Å². The fourth-order valence-electron chi connectivity index (χ4n) is 2.34. The van der Waals surface area contributed by atoms with E-state index in [1.165, 1.54) is 5.56 Å². The lowest BCUT2D eigenvalue weighted by Gasteiger charge is -2.03. The van der Waals surface area contributed by atoms with Crippen molar-refractivity contribution in [1.82, 2.24) is 20.3 Å². The summed E-state index contributed by atoms with van der Waals surface area (Å²) in [4.78, 5) is 21.5. The van der Waals surface area contributed by atoms with Crippen LogP contribution >= 0.6 is 11.3 Å². The number of nitrogens with zero attached hydrogens (tertiary/aromatic N) is 1. The number of fused-ring (bicyclic) bond motifs is 1. The third kappa shape index (κ3) is 3.14. The summed E-state index contributed by atoms with van der Waals surface area (Å²) in [6, 6.07) is 2.15. The van der Waals surface area contributed by atoms with Gasteiger partial charge in [0.15, 0.2) is 0 Å². The van der Waals surface area contributed by atoms with Crippen molar-refractivity contribution in [2.75, 3.05) is 12.3 Å². The van der Waals surface area contributed by atoms with Gasteiger partial charge in [0.2, 0.25) is 5.95 Å². The number of aromatic nitrogens is 3. The first-order valence-electron chi connectivity index (χ1n) is 6.81. The smallest absolute Gasteiger partial charge is 0.262 e. The van der Waals surface area contributed by atoms with Gasteiger partial charge in [0, 0.05) is 12.7 Å². The Labute approximate surface area is 125 Å². The van der Waals surface area contributed by atoms with Crippen molar-refractivity contribution in [2.45, 2.75) is 19.4 Å². The van der Waals surface area contributed by atoms with E-state index in [0.717, 1.165) is 24.9 Å². The van der Waals surface area contributed by atoms with E-state index < -0.39 is 0 Å². The van der Waals surface area contributed by atoms with Gasteiger partial charge in [-0.05, 0) is 47.3 Å². The van der Waals surface area contributed by atoms with Gasteiger partial charge >= 0.3 is 0 Å². The van der Waals surface area contributed by atoms with Crippen molar-refractivity contribution in [1.29, 1.82) is 0 Å². The molecule has 0 aliphatic heterocycles. The SMILES string of the molecule is Nc1nc2[nH]cc(CNCCCc3ccsc3)c2c(=O)[nH]1. The first-order valence-corrected chi connectivity index (χ1v) is 7.76. The molecule has 0 fully saturated rings. The van der Waals surface area contributed by atoms with Crippen molar-refractivity contribution in [3.63, 3.8) is 0 Å². The minimum Gasteiger partial charge on any atom is -0.369 e. The summed E-state index contributed by atoms with van der Waals surface area (Å²) in [6.45, 7) is 1.54. The summed E-state index contributed by atoms with van der Waals surface area (Å²) in [5, 5.41) is 8.21. The highest BCUT2D eigenvalue weighted by atomic mass is 32.1.